The lowest BCUT2D eigenvalue weighted by molar-refractivity contribution is -0.00397. The molecule has 134 valence electrons. The number of ether oxygens (including phenoxy) is 1. The smallest absolute Gasteiger partial charge is 0.410 e. The van der Waals surface area contributed by atoms with Crippen LogP contribution in [0.4, 0.5) is 4.79 Å². The summed E-state index contributed by atoms with van der Waals surface area (Å²) in [5, 5.41) is 0. The zero-order valence-electron chi connectivity index (χ0n) is 15.9. The van der Waals surface area contributed by atoms with Crippen LogP contribution in [0.2, 0.25) is 0 Å². The van der Waals surface area contributed by atoms with Gasteiger partial charge in [0.15, 0.2) is 0 Å². The molecule has 2 aliphatic heterocycles. The number of likely N-dealkylation sites (tertiary alicyclic amines) is 1. The fraction of sp³-hybridized carbons (Fsp3) is 0.944. The molecule has 1 amide bonds. The molecule has 0 aromatic heterocycles. The fourth-order valence-electron chi connectivity index (χ4n) is 3.42. The molecule has 5 nitrogen and oxygen atoms in total. The summed E-state index contributed by atoms with van der Waals surface area (Å²) in [6, 6.07) is 0. The van der Waals surface area contributed by atoms with Crippen LogP contribution in [-0.2, 0) is 4.74 Å². The van der Waals surface area contributed by atoms with E-state index in [9.17, 15) is 4.79 Å². The van der Waals surface area contributed by atoms with Crippen LogP contribution in [0, 0.1) is 0 Å². The lowest BCUT2D eigenvalue weighted by Gasteiger charge is -2.43. The van der Waals surface area contributed by atoms with Crippen LogP contribution >= 0.6 is 0 Å². The van der Waals surface area contributed by atoms with Gasteiger partial charge in [0.05, 0.1) is 0 Å². The molecule has 2 heterocycles. The molecule has 0 aromatic carbocycles. The summed E-state index contributed by atoms with van der Waals surface area (Å²) < 4.78 is 5.75. The van der Waals surface area contributed by atoms with Crippen LogP contribution in [0.15, 0.2) is 0 Å². The number of nitrogens with zero attached hydrogens (tertiary/aromatic N) is 3. The van der Waals surface area contributed by atoms with Crippen LogP contribution in [-0.4, -0.2) is 77.2 Å². The number of piperidine rings is 1. The number of hydrogen-bond acceptors (Lipinski definition) is 4. The summed E-state index contributed by atoms with van der Waals surface area (Å²) in [7, 11) is 0. The summed E-state index contributed by atoms with van der Waals surface area (Å²) >= 11 is 0. The third-order valence-corrected chi connectivity index (χ3v) is 5.14. The van der Waals surface area contributed by atoms with Crippen molar-refractivity contribution in [1.29, 1.82) is 0 Å². The molecule has 0 atom stereocenters. The van der Waals surface area contributed by atoms with E-state index in [4.69, 9.17) is 4.74 Å². The van der Waals surface area contributed by atoms with Crippen LogP contribution < -0.4 is 0 Å². The number of hydrogen-bond donors (Lipinski definition) is 0. The first-order chi connectivity index (χ1) is 10.6. The Hall–Kier alpha value is -0.810. The summed E-state index contributed by atoms with van der Waals surface area (Å²) in [4.78, 5) is 19.1. The van der Waals surface area contributed by atoms with Gasteiger partial charge in [0.25, 0.3) is 0 Å². The van der Waals surface area contributed by atoms with E-state index in [1.54, 1.807) is 0 Å². The SMILES string of the molecule is CC(C)(C)N1CCC(OC(=O)N2CCN(C(C)(C)C)CC2)CC1. The molecular formula is C18H35N3O2. The molecule has 23 heavy (non-hydrogen) atoms. The third-order valence-electron chi connectivity index (χ3n) is 5.14. The molecule has 0 bridgehead atoms. The number of carbonyl (C=O) groups is 1. The number of carbonyl (C=O) groups excluding carboxylic acids is 1. The monoisotopic (exact) mass is 325 g/mol. The number of rotatable bonds is 1. The fourth-order valence-corrected chi connectivity index (χ4v) is 3.42. The van der Waals surface area contributed by atoms with Gasteiger partial charge >= 0.3 is 6.09 Å². The first kappa shape index (κ1) is 18.5. The zero-order valence-corrected chi connectivity index (χ0v) is 15.9. The molecule has 2 fully saturated rings. The van der Waals surface area contributed by atoms with Gasteiger partial charge in [0, 0.05) is 50.3 Å². The maximum atomic E-state index is 12.4. The summed E-state index contributed by atoms with van der Waals surface area (Å²) in [5.74, 6) is 0. The second-order valence-electron chi connectivity index (χ2n) is 8.89. The van der Waals surface area contributed by atoms with Gasteiger partial charge in [-0.1, -0.05) is 0 Å². The molecule has 2 rings (SSSR count). The topological polar surface area (TPSA) is 36.0 Å². The van der Waals surface area contributed by atoms with Crippen molar-refractivity contribution in [3.63, 3.8) is 0 Å². The van der Waals surface area contributed by atoms with E-state index >= 15 is 0 Å². The van der Waals surface area contributed by atoms with Crippen LogP contribution in [0.5, 0.6) is 0 Å². The summed E-state index contributed by atoms with van der Waals surface area (Å²) in [6.45, 7) is 18.8. The van der Waals surface area contributed by atoms with Gasteiger partial charge in [-0.05, 0) is 54.4 Å². The predicted octanol–water partition coefficient (Wildman–Crippen LogP) is 2.80. The quantitative estimate of drug-likeness (QED) is 0.743. The Morgan fingerprint density at radius 1 is 0.783 bits per heavy atom. The Kier molecular flexibility index (Phi) is 5.62. The van der Waals surface area contributed by atoms with Gasteiger partial charge in [0.2, 0.25) is 0 Å². The van der Waals surface area contributed by atoms with Gasteiger partial charge in [-0.25, -0.2) is 4.79 Å². The summed E-state index contributed by atoms with van der Waals surface area (Å²) in [6.07, 6.45) is 1.87. The van der Waals surface area contributed by atoms with E-state index in [0.717, 1.165) is 52.1 Å². The third kappa shape index (κ3) is 5.08. The minimum absolute atomic E-state index is 0.0849. The first-order valence-electron chi connectivity index (χ1n) is 9.03. The number of piperazine rings is 1. The van der Waals surface area contributed by atoms with Gasteiger partial charge in [-0.3, -0.25) is 9.80 Å². The van der Waals surface area contributed by atoms with Crippen molar-refractivity contribution in [2.45, 2.75) is 71.6 Å². The highest BCUT2D eigenvalue weighted by Gasteiger charge is 2.32. The molecule has 5 heteroatoms. The molecule has 2 saturated heterocycles. The number of amides is 1. The molecule has 0 aromatic rings. The van der Waals surface area contributed by atoms with E-state index in [1.165, 1.54) is 0 Å². The highest BCUT2D eigenvalue weighted by Crippen LogP contribution is 2.22. The van der Waals surface area contributed by atoms with E-state index in [1.807, 2.05) is 4.90 Å². The van der Waals surface area contributed by atoms with E-state index in [2.05, 4.69) is 51.3 Å². The molecule has 0 saturated carbocycles. The van der Waals surface area contributed by atoms with Crippen molar-refractivity contribution in [2.75, 3.05) is 39.3 Å². The molecule has 2 aliphatic rings. The maximum absolute atomic E-state index is 12.4. The predicted molar refractivity (Wildman–Crippen MR) is 93.7 cm³/mol. The molecule has 0 unspecified atom stereocenters. The van der Waals surface area contributed by atoms with Crippen molar-refractivity contribution < 1.29 is 9.53 Å². The molecule has 0 N–H and O–H groups in total. The van der Waals surface area contributed by atoms with Gasteiger partial charge in [-0.15, -0.1) is 0 Å². The largest absolute Gasteiger partial charge is 0.446 e. The average molecular weight is 325 g/mol. The van der Waals surface area contributed by atoms with E-state index in [-0.39, 0.29) is 23.3 Å². The highest BCUT2D eigenvalue weighted by molar-refractivity contribution is 5.68. The van der Waals surface area contributed by atoms with Gasteiger partial charge in [0.1, 0.15) is 6.10 Å². The normalized spacial score (nSPS) is 23.1. The Bertz CT molecular complexity index is 395. The second-order valence-corrected chi connectivity index (χ2v) is 8.89. The minimum atomic E-state index is -0.118. The summed E-state index contributed by atoms with van der Waals surface area (Å²) in [5.41, 5.74) is 0.383. The van der Waals surface area contributed by atoms with Crippen molar-refractivity contribution in [3.8, 4) is 0 Å². The van der Waals surface area contributed by atoms with Crippen LogP contribution in [0.25, 0.3) is 0 Å². The average Bonchev–Trinajstić information content (AvgIpc) is 2.46. The lowest BCUT2D eigenvalue weighted by atomic mass is 9.99. The molecule has 0 spiro atoms. The van der Waals surface area contributed by atoms with Crippen LogP contribution in [0.3, 0.4) is 0 Å². The van der Waals surface area contributed by atoms with E-state index in [0.29, 0.717) is 0 Å². The maximum Gasteiger partial charge on any atom is 0.410 e. The van der Waals surface area contributed by atoms with E-state index < -0.39 is 0 Å². The molecule has 0 radical (unpaired) electrons. The van der Waals surface area contributed by atoms with Crippen molar-refractivity contribution in [2.24, 2.45) is 0 Å². The second kappa shape index (κ2) is 6.98. The van der Waals surface area contributed by atoms with Crippen molar-refractivity contribution >= 4 is 6.09 Å². The standard InChI is InChI=1S/C18H35N3O2/c1-17(2,3)20-9-7-15(8-10-20)23-16(22)19-11-13-21(14-12-19)18(4,5)6/h15H,7-14H2,1-6H3. The van der Waals surface area contributed by atoms with Crippen molar-refractivity contribution in [3.05, 3.63) is 0 Å². The zero-order chi connectivity index (χ0) is 17.3. The lowest BCUT2D eigenvalue weighted by Crippen LogP contribution is -2.55. The Morgan fingerprint density at radius 3 is 1.65 bits per heavy atom. The Morgan fingerprint density at radius 2 is 1.22 bits per heavy atom. The van der Waals surface area contributed by atoms with Crippen LogP contribution in [0.1, 0.15) is 54.4 Å². The highest BCUT2D eigenvalue weighted by atomic mass is 16.6. The van der Waals surface area contributed by atoms with Gasteiger partial charge in [-0.2, -0.15) is 0 Å². The molecular weight excluding hydrogens is 290 g/mol. The van der Waals surface area contributed by atoms with Gasteiger partial charge < -0.3 is 9.64 Å². The Balaban J connectivity index is 1.74. The molecule has 0 aliphatic carbocycles. The Labute approximate surface area is 141 Å². The minimum Gasteiger partial charge on any atom is -0.446 e. The van der Waals surface area contributed by atoms with Crippen molar-refractivity contribution in [1.82, 2.24) is 14.7 Å². The first-order valence-corrected chi connectivity index (χ1v) is 9.03.